The van der Waals surface area contributed by atoms with Crippen LogP contribution in [0.3, 0.4) is 0 Å². The average molecular weight is 398 g/mol. The van der Waals surface area contributed by atoms with Crippen molar-refractivity contribution in [2.24, 2.45) is 4.99 Å². The number of amides is 1. The molecule has 0 aromatic heterocycles. The molecule has 1 aliphatic carbocycles. The van der Waals surface area contributed by atoms with E-state index in [4.69, 9.17) is 4.74 Å². The molecule has 3 N–H and O–H groups in total. The van der Waals surface area contributed by atoms with E-state index in [-0.39, 0.29) is 18.3 Å². The summed E-state index contributed by atoms with van der Waals surface area (Å²) in [6.07, 6.45) is 2.95. The second-order valence-corrected chi connectivity index (χ2v) is 7.01. The van der Waals surface area contributed by atoms with Crippen LogP contribution in [0.5, 0.6) is 5.75 Å². The Bertz CT molecular complexity index is 835. The Morgan fingerprint density at radius 1 is 1.14 bits per heavy atom. The van der Waals surface area contributed by atoms with Crippen LogP contribution in [0.4, 0.5) is 4.39 Å². The number of hydrogen-bond acceptors (Lipinski definition) is 3. The first kappa shape index (κ1) is 20.6. The minimum absolute atomic E-state index is 0.0463. The fourth-order valence-corrected chi connectivity index (χ4v) is 2.78. The molecular formula is C22H27FN4O2. The van der Waals surface area contributed by atoms with Crippen molar-refractivity contribution in [3.8, 4) is 5.75 Å². The number of rotatable bonds is 9. The molecule has 0 saturated heterocycles. The van der Waals surface area contributed by atoms with Gasteiger partial charge in [-0.3, -0.25) is 9.79 Å². The maximum atomic E-state index is 13.2. The van der Waals surface area contributed by atoms with Gasteiger partial charge in [-0.1, -0.05) is 24.3 Å². The van der Waals surface area contributed by atoms with Gasteiger partial charge in [0.15, 0.2) is 12.6 Å². The molecule has 1 saturated carbocycles. The molecule has 6 nitrogen and oxygen atoms in total. The molecule has 0 atom stereocenters. The fraction of sp³-hybridized carbons (Fsp3) is 0.364. The maximum Gasteiger partial charge on any atom is 0.258 e. The van der Waals surface area contributed by atoms with Gasteiger partial charge in [0.25, 0.3) is 5.91 Å². The van der Waals surface area contributed by atoms with E-state index in [1.165, 1.54) is 12.1 Å². The largest absolute Gasteiger partial charge is 0.484 e. The molecule has 0 radical (unpaired) electrons. The van der Waals surface area contributed by atoms with Gasteiger partial charge < -0.3 is 20.7 Å². The number of ether oxygens (including phenoxy) is 1. The fourth-order valence-electron chi connectivity index (χ4n) is 2.78. The summed E-state index contributed by atoms with van der Waals surface area (Å²) in [5.74, 6) is 1.03. The first-order valence-electron chi connectivity index (χ1n) is 9.82. The molecular weight excluding hydrogens is 371 g/mol. The van der Waals surface area contributed by atoms with Crippen molar-refractivity contribution in [3.05, 3.63) is 65.5 Å². The van der Waals surface area contributed by atoms with Gasteiger partial charge in [-0.2, -0.15) is 0 Å². The molecule has 7 heteroatoms. The number of halogens is 1. The van der Waals surface area contributed by atoms with Crippen LogP contribution >= 0.6 is 0 Å². The van der Waals surface area contributed by atoms with Crippen LogP contribution in [-0.2, 0) is 17.8 Å². The highest BCUT2D eigenvalue weighted by Gasteiger charge is 2.23. The lowest BCUT2D eigenvalue weighted by Crippen LogP contribution is -2.37. The first-order chi connectivity index (χ1) is 14.1. The minimum Gasteiger partial charge on any atom is -0.484 e. The molecule has 0 unspecified atom stereocenters. The normalized spacial score (nSPS) is 13.7. The van der Waals surface area contributed by atoms with E-state index < -0.39 is 0 Å². The molecule has 0 aliphatic heterocycles. The number of carbonyl (C=O) groups is 1. The molecule has 1 amide bonds. The molecule has 1 fully saturated rings. The van der Waals surface area contributed by atoms with Crippen LogP contribution in [0.15, 0.2) is 53.5 Å². The molecule has 2 aromatic carbocycles. The van der Waals surface area contributed by atoms with E-state index in [1.54, 1.807) is 13.1 Å². The van der Waals surface area contributed by atoms with Gasteiger partial charge in [0.2, 0.25) is 0 Å². The zero-order valence-electron chi connectivity index (χ0n) is 16.6. The van der Waals surface area contributed by atoms with Gasteiger partial charge in [-0.15, -0.1) is 0 Å². The van der Waals surface area contributed by atoms with E-state index >= 15 is 0 Å². The smallest absolute Gasteiger partial charge is 0.258 e. The Labute approximate surface area is 170 Å². The van der Waals surface area contributed by atoms with Crippen molar-refractivity contribution in [2.45, 2.75) is 31.8 Å². The molecule has 1 aliphatic rings. The lowest BCUT2D eigenvalue weighted by atomic mass is 10.1. The number of benzene rings is 2. The second-order valence-electron chi connectivity index (χ2n) is 7.01. The van der Waals surface area contributed by atoms with Gasteiger partial charge in [-0.05, 0) is 54.7 Å². The summed E-state index contributed by atoms with van der Waals surface area (Å²) >= 11 is 0. The predicted octanol–water partition coefficient (Wildman–Crippen LogP) is 2.39. The molecule has 3 rings (SSSR count). The zero-order valence-corrected chi connectivity index (χ0v) is 16.6. The maximum absolute atomic E-state index is 13.2. The summed E-state index contributed by atoms with van der Waals surface area (Å²) in [7, 11) is 1.70. The van der Waals surface area contributed by atoms with Gasteiger partial charge in [-0.25, -0.2) is 4.39 Å². The quantitative estimate of drug-likeness (QED) is 0.448. The standard InChI is InChI=1S/C22H27FN4O2/c1-24-22(26-14-17-3-2-4-18(23)13-17)25-12-11-16-5-9-20(10-6-16)29-15-21(28)27-19-7-8-19/h2-6,9-10,13,19H,7-8,11-12,14-15H2,1H3,(H,27,28)(H2,24,25,26). The summed E-state index contributed by atoms with van der Waals surface area (Å²) in [6.45, 7) is 1.25. The minimum atomic E-state index is -0.247. The van der Waals surface area contributed by atoms with E-state index in [1.807, 2.05) is 30.3 Å². The lowest BCUT2D eigenvalue weighted by Gasteiger charge is -2.12. The van der Waals surface area contributed by atoms with Crippen molar-refractivity contribution >= 4 is 11.9 Å². The van der Waals surface area contributed by atoms with Crippen LogP contribution in [0.1, 0.15) is 24.0 Å². The van der Waals surface area contributed by atoms with E-state index in [9.17, 15) is 9.18 Å². The van der Waals surface area contributed by atoms with Gasteiger partial charge in [0.1, 0.15) is 11.6 Å². The highest BCUT2D eigenvalue weighted by atomic mass is 19.1. The highest BCUT2D eigenvalue weighted by Crippen LogP contribution is 2.18. The predicted molar refractivity (Wildman–Crippen MR) is 111 cm³/mol. The first-order valence-corrected chi connectivity index (χ1v) is 9.82. The molecule has 0 heterocycles. The summed E-state index contributed by atoms with van der Waals surface area (Å²) < 4.78 is 18.7. The summed E-state index contributed by atoms with van der Waals surface area (Å²) in [5.41, 5.74) is 2.00. The van der Waals surface area contributed by atoms with Crippen LogP contribution in [-0.4, -0.2) is 38.1 Å². The van der Waals surface area contributed by atoms with Crippen molar-refractivity contribution in [1.29, 1.82) is 0 Å². The topological polar surface area (TPSA) is 74.8 Å². The van der Waals surface area contributed by atoms with E-state index in [2.05, 4.69) is 20.9 Å². The Kier molecular flexibility index (Phi) is 7.44. The second kappa shape index (κ2) is 10.5. The molecule has 2 aromatic rings. The van der Waals surface area contributed by atoms with E-state index in [0.717, 1.165) is 30.4 Å². The zero-order chi connectivity index (χ0) is 20.5. The monoisotopic (exact) mass is 398 g/mol. The third-order valence-electron chi connectivity index (χ3n) is 4.51. The summed E-state index contributed by atoms with van der Waals surface area (Å²) in [4.78, 5) is 15.8. The van der Waals surface area contributed by atoms with E-state index in [0.29, 0.717) is 30.8 Å². The van der Waals surface area contributed by atoms with Crippen molar-refractivity contribution in [2.75, 3.05) is 20.2 Å². The van der Waals surface area contributed by atoms with Crippen molar-refractivity contribution < 1.29 is 13.9 Å². The highest BCUT2D eigenvalue weighted by molar-refractivity contribution is 5.79. The molecule has 0 spiro atoms. The lowest BCUT2D eigenvalue weighted by molar-refractivity contribution is -0.123. The Morgan fingerprint density at radius 3 is 2.62 bits per heavy atom. The SMILES string of the molecule is CN=C(NCCc1ccc(OCC(=O)NC2CC2)cc1)NCc1cccc(F)c1. The van der Waals surface area contributed by atoms with Gasteiger partial charge in [0, 0.05) is 26.2 Å². The van der Waals surface area contributed by atoms with Crippen LogP contribution in [0, 0.1) is 5.82 Å². The number of guanidine groups is 1. The Morgan fingerprint density at radius 2 is 1.93 bits per heavy atom. The number of aliphatic imine (C=N–C) groups is 1. The van der Waals surface area contributed by atoms with Gasteiger partial charge in [0.05, 0.1) is 0 Å². The summed E-state index contributed by atoms with van der Waals surface area (Å²) in [5, 5.41) is 9.31. The third-order valence-corrected chi connectivity index (χ3v) is 4.51. The third kappa shape index (κ3) is 7.44. The molecule has 29 heavy (non-hydrogen) atoms. The van der Waals surface area contributed by atoms with Crippen molar-refractivity contribution in [3.63, 3.8) is 0 Å². The van der Waals surface area contributed by atoms with Gasteiger partial charge >= 0.3 is 0 Å². The number of nitrogens with one attached hydrogen (secondary N) is 3. The van der Waals surface area contributed by atoms with Crippen LogP contribution in [0.25, 0.3) is 0 Å². The average Bonchev–Trinajstić information content (AvgIpc) is 3.54. The number of carbonyl (C=O) groups excluding carboxylic acids is 1. The van der Waals surface area contributed by atoms with Crippen molar-refractivity contribution in [1.82, 2.24) is 16.0 Å². The molecule has 154 valence electrons. The number of nitrogens with zero attached hydrogens (tertiary/aromatic N) is 1. The summed E-state index contributed by atoms with van der Waals surface area (Å²) in [6, 6.07) is 14.5. The van der Waals surface area contributed by atoms with Crippen LogP contribution in [0.2, 0.25) is 0 Å². The molecule has 0 bridgehead atoms. The van der Waals surface area contributed by atoms with Crippen LogP contribution < -0.4 is 20.7 Å². The Balaban J connectivity index is 1.35. The Hall–Kier alpha value is -3.09. The number of hydrogen-bond donors (Lipinski definition) is 3.